The number of rotatable bonds is 12. The standard InChI is InChI=1S/C37H49N11O6/c1-48-30(9-5-17-43-37(40)41)34(53)46-27(8-4-16-42-36(38)39)33(52)47-28(19-22-11-14-26(49)15-12-22)32(51)44-21-31(50)45-29(35(48)54)20-23-10-13-24-6-2-3-7-25(24)18-23/h2-3,6-7,10-15,18,27-30,49H,4-5,8-9,16-17,19-21H2,1H3,(H,44,51)(H,45,50)(H,46,53)(H,47,52)(H4,38,39,42)(H4,40,41,43)/t27-,28+,29-,30-/m0/s1. The van der Waals surface area contributed by atoms with Gasteiger partial charge in [0, 0.05) is 33.0 Å². The lowest BCUT2D eigenvalue weighted by Gasteiger charge is -2.32. The van der Waals surface area contributed by atoms with E-state index in [1.165, 1.54) is 24.1 Å². The van der Waals surface area contributed by atoms with Gasteiger partial charge in [-0.05, 0) is 59.7 Å². The lowest BCUT2D eigenvalue weighted by molar-refractivity contribution is -0.142. The molecule has 3 aromatic rings. The zero-order chi connectivity index (χ0) is 39.2. The van der Waals surface area contributed by atoms with E-state index in [-0.39, 0.29) is 62.9 Å². The minimum atomic E-state index is -1.19. The fourth-order valence-corrected chi connectivity index (χ4v) is 6.12. The summed E-state index contributed by atoms with van der Waals surface area (Å²) < 4.78 is 0. The van der Waals surface area contributed by atoms with E-state index in [9.17, 15) is 29.1 Å². The molecule has 0 aliphatic carbocycles. The number of benzene rings is 3. The number of guanidine groups is 2. The Hall–Kier alpha value is -6.39. The number of phenols is 1. The van der Waals surface area contributed by atoms with Crippen molar-refractivity contribution < 1.29 is 29.1 Å². The Bertz CT molecular complexity index is 1860. The van der Waals surface area contributed by atoms with Crippen molar-refractivity contribution in [2.45, 2.75) is 62.7 Å². The van der Waals surface area contributed by atoms with Gasteiger partial charge in [-0.25, -0.2) is 0 Å². The topological polar surface area (TPSA) is 286 Å². The molecule has 0 bridgehead atoms. The van der Waals surface area contributed by atoms with Crippen molar-refractivity contribution in [3.05, 3.63) is 77.9 Å². The Morgan fingerprint density at radius 2 is 1.30 bits per heavy atom. The number of fused-ring (bicyclic) bond motifs is 1. The summed E-state index contributed by atoms with van der Waals surface area (Å²) in [6.45, 7) is -0.183. The summed E-state index contributed by atoms with van der Waals surface area (Å²) >= 11 is 0. The molecule has 1 fully saturated rings. The van der Waals surface area contributed by atoms with Crippen LogP contribution >= 0.6 is 0 Å². The second-order valence-corrected chi connectivity index (χ2v) is 13.1. The Labute approximate surface area is 313 Å². The molecule has 17 nitrogen and oxygen atoms in total. The monoisotopic (exact) mass is 743 g/mol. The number of aromatic hydroxyl groups is 1. The molecule has 0 saturated carbocycles. The second kappa shape index (κ2) is 19.4. The molecule has 0 radical (unpaired) electrons. The highest BCUT2D eigenvalue weighted by Crippen LogP contribution is 2.19. The molecule has 13 N–H and O–H groups in total. The van der Waals surface area contributed by atoms with Crippen LogP contribution in [-0.4, -0.2) is 102 Å². The van der Waals surface area contributed by atoms with Crippen LogP contribution in [0.5, 0.6) is 5.75 Å². The lowest BCUT2D eigenvalue weighted by Crippen LogP contribution is -2.58. The summed E-state index contributed by atoms with van der Waals surface area (Å²) in [6.07, 6.45) is 0.823. The fraction of sp³-hybridized carbons (Fsp3) is 0.378. The first-order valence-electron chi connectivity index (χ1n) is 17.6. The number of amides is 5. The summed E-state index contributed by atoms with van der Waals surface area (Å²) in [5.74, 6) is -3.51. The molecule has 4 atom stereocenters. The number of hydrogen-bond donors (Lipinski definition) is 9. The summed E-state index contributed by atoms with van der Waals surface area (Å²) in [5, 5.41) is 22.5. The van der Waals surface area contributed by atoms with Crippen LogP contribution in [0, 0.1) is 0 Å². The van der Waals surface area contributed by atoms with Gasteiger partial charge in [-0.1, -0.05) is 54.6 Å². The first kappa shape index (κ1) is 40.4. The maximum atomic E-state index is 14.3. The Morgan fingerprint density at radius 1 is 0.704 bits per heavy atom. The van der Waals surface area contributed by atoms with Gasteiger partial charge in [0.1, 0.15) is 29.9 Å². The van der Waals surface area contributed by atoms with Crippen LogP contribution < -0.4 is 44.2 Å². The predicted molar refractivity (Wildman–Crippen MR) is 205 cm³/mol. The van der Waals surface area contributed by atoms with Crippen LogP contribution in [0.25, 0.3) is 10.8 Å². The van der Waals surface area contributed by atoms with Crippen LogP contribution in [-0.2, 0) is 36.8 Å². The zero-order valence-electron chi connectivity index (χ0n) is 30.2. The molecule has 1 aliphatic heterocycles. The largest absolute Gasteiger partial charge is 0.508 e. The molecule has 0 aromatic heterocycles. The zero-order valence-corrected chi connectivity index (χ0v) is 30.2. The molecular formula is C37H49N11O6. The third-order valence-electron chi connectivity index (χ3n) is 8.95. The maximum Gasteiger partial charge on any atom is 0.245 e. The minimum absolute atomic E-state index is 0.00658. The van der Waals surface area contributed by atoms with Gasteiger partial charge in [-0.3, -0.25) is 34.0 Å². The Kier molecular flexibility index (Phi) is 14.5. The van der Waals surface area contributed by atoms with Crippen LogP contribution in [0.4, 0.5) is 0 Å². The number of phenolic OH excluding ortho intramolecular Hbond substituents is 1. The van der Waals surface area contributed by atoms with E-state index in [1.54, 1.807) is 12.1 Å². The molecule has 17 heteroatoms. The fourth-order valence-electron chi connectivity index (χ4n) is 6.12. The Morgan fingerprint density at radius 3 is 1.96 bits per heavy atom. The number of nitrogens with zero attached hydrogens (tertiary/aromatic N) is 3. The smallest absolute Gasteiger partial charge is 0.245 e. The molecule has 0 spiro atoms. The first-order chi connectivity index (χ1) is 25.8. The molecule has 1 aliphatic rings. The summed E-state index contributed by atoms with van der Waals surface area (Å²) in [7, 11) is 1.45. The normalized spacial score (nSPS) is 20.1. The quantitative estimate of drug-likeness (QED) is 0.0610. The minimum Gasteiger partial charge on any atom is -0.508 e. The number of nitrogens with two attached hydrogens (primary N) is 4. The molecule has 288 valence electrons. The third kappa shape index (κ3) is 12.1. The van der Waals surface area contributed by atoms with Crippen molar-refractivity contribution in [2.24, 2.45) is 32.9 Å². The first-order valence-corrected chi connectivity index (χ1v) is 17.6. The van der Waals surface area contributed by atoms with E-state index >= 15 is 0 Å². The highest BCUT2D eigenvalue weighted by molar-refractivity contribution is 5.97. The van der Waals surface area contributed by atoms with Crippen molar-refractivity contribution in [3.63, 3.8) is 0 Å². The molecular weight excluding hydrogens is 694 g/mol. The number of likely N-dealkylation sites (N-methyl/N-ethyl adjacent to an activating group) is 1. The third-order valence-corrected chi connectivity index (χ3v) is 8.95. The lowest BCUT2D eigenvalue weighted by atomic mass is 9.99. The van der Waals surface area contributed by atoms with E-state index in [1.807, 2.05) is 42.5 Å². The molecule has 1 heterocycles. The molecule has 3 aromatic carbocycles. The number of nitrogens with one attached hydrogen (secondary N) is 4. The molecule has 0 unspecified atom stereocenters. The van der Waals surface area contributed by atoms with Crippen LogP contribution in [0.3, 0.4) is 0 Å². The van der Waals surface area contributed by atoms with E-state index < -0.39 is 60.2 Å². The van der Waals surface area contributed by atoms with Gasteiger partial charge in [-0.2, -0.15) is 0 Å². The summed E-state index contributed by atoms with van der Waals surface area (Å²) in [4.78, 5) is 78.5. The van der Waals surface area contributed by atoms with Crippen molar-refractivity contribution in [3.8, 4) is 5.75 Å². The van der Waals surface area contributed by atoms with Gasteiger partial charge >= 0.3 is 0 Å². The number of carbonyl (C=O) groups excluding carboxylic acids is 5. The maximum absolute atomic E-state index is 14.3. The van der Waals surface area contributed by atoms with Gasteiger partial charge in [-0.15, -0.1) is 0 Å². The molecule has 5 amide bonds. The highest BCUT2D eigenvalue weighted by Gasteiger charge is 2.35. The van der Waals surface area contributed by atoms with Gasteiger partial charge in [0.2, 0.25) is 29.5 Å². The van der Waals surface area contributed by atoms with Gasteiger partial charge in [0.25, 0.3) is 0 Å². The van der Waals surface area contributed by atoms with Crippen LogP contribution in [0.15, 0.2) is 76.7 Å². The van der Waals surface area contributed by atoms with E-state index in [0.717, 1.165) is 16.3 Å². The van der Waals surface area contributed by atoms with Gasteiger partial charge in [0.05, 0.1) is 6.54 Å². The number of hydrogen-bond acceptors (Lipinski definition) is 8. The van der Waals surface area contributed by atoms with Gasteiger partial charge in [0.15, 0.2) is 11.9 Å². The summed E-state index contributed by atoms with van der Waals surface area (Å²) in [6, 6.07) is 14.9. The Balaban J connectivity index is 1.71. The molecule has 4 rings (SSSR count). The van der Waals surface area contributed by atoms with Gasteiger partial charge < -0.3 is 54.2 Å². The SMILES string of the molecule is CN1C(=O)[C@H](Cc2ccc3ccccc3c2)NC(=O)CNC(=O)[C@@H](Cc2ccc(O)cc2)NC(=O)[C@H](CCCN=C(N)N)NC(=O)[C@@H]1CCCN=C(N)N. The van der Waals surface area contributed by atoms with Crippen molar-refractivity contribution in [1.82, 2.24) is 26.2 Å². The van der Waals surface area contributed by atoms with Crippen molar-refractivity contribution in [2.75, 3.05) is 26.7 Å². The second-order valence-electron chi connectivity index (χ2n) is 13.1. The van der Waals surface area contributed by atoms with E-state index in [2.05, 4.69) is 31.3 Å². The van der Waals surface area contributed by atoms with Crippen LogP contribution in [0.2, 0.25) is 0 Å². The van der Waals surface area contributed by atoms with Crippen LogP contribution in [0.1, 0.15) is 36.8 Å². The molecule has 54 heavy (non-hydrogen) atoms. The number of aliphatic imine (C=N–C) groups is 2. The predicted octanol–water partition coefficient (Wildman–Crippen LogP) is -1.15. The van der Waals surface area contributed by atoms with E-state index in [4.69, 9.17) is 22.9 Å². The average molecular weight is 744 g/mol. The highest BCUT2D eigenvalue weighted by atomic mass is 16.3. The van der Waals surface area contributed by atoms with E-state index in [0.29, 0.717) is 12.0 Å². The number of carbonyl (C=O) groups is 5. The van der Waals surface area contributed by atoms with Crippen molar-refractivity contribution in [1.29, 1.82) is 0 Å². The summed E-state index contributed by atoms with van der Waals surface area (Å²) in [5.41, 5.74) is 23.3. The average Bonchev–Trinajstić information content (AvgIpc) is 3.14. The molecule has 1 saturated heterocycles. The van der Waals surface area contributed by atoms with Crippen molar-refractivity contribution >= 4 is 52.2 Å².